The molecule has 4 rings (SSSR count). The summed E-state index contributed by atoms with van der Waals surface area (Å²) >= 11 is 0. The third-order valence-electron chi connectivity index (χ3n) is 4.91. The number of rotatable bonds is 4. The number of fused-ring (bicyclic) bond motifs is 1. The molecule has 0 bridgehead atoms. The number of aryl methyl sites for hydroxylation is 3. The molecule has 7 heteroatoms. The van der Waals surface area contributed by atoms with E-state index in [1.165, 1.54) is 0 Å². The Morgan fingerprint density at radius 3 is 2.64 bits per heavy atom. The van der Waals surface area contributed by atoms with Crippen molar-refractivity contribution in [2.75, 3.05) is 0 Å². The van der Waals surface area contributed by atoms with Gasteiger partial charge >= 0.3 is 0 Å². The number of aromatic nitrogens is 5. The summed E-state index contributed by atoms with van der Waals surface area (Å²) in [4.78, 5) is 17.9. The van der Waals surface area contributed by atoms with Crippen LogP contribution in [0.25, 0.3) is 22.3 Å². The Hall–Kier alpha value is -3.48. The zero-order valence-corrected chi connectivity index (χ0v) is 16.3. The Labute approximate surface area is 163 Å². The van der Waals surface area contributed by atoms with Crippen molar-refractivity contribution in [2.24, 2.45) is 14.1 Å². The predicted octanol–water partition coefficient (Wildman–Crippen LogP) is 3.17. The molecule has 1 atom stereocenters. The van der Waals surface area contributed by atoms with Gasteiger partial charge in [0, 0.05) is 37.4 Å². The van der Waals surface area contributed by atoms with Gasteiger partial charge in [-0.05, 0) is 32.0 Å². The average molecular weight is 374 g/mol. The molecule has 0 saturated carbocycles. The molecule has 1 N–H and O–H groups in total. The van der Waals surface area contributed by atoms with E-state index in [1.54, 1.807) is 15.6 Å². The van der Waals surface area contributed by atoms with Crippen molar-refractivity contribution < 1.29 is 4.79 Å². The first kappa shape index (κ1) is 17.9. The zero-order valence-electron chi connectivity index (χ0n) is 16.3. The second-order valence-corrected chi connectivity index (χ2v) is 6.95. The number of hydrogen-bond donors (Lipinski definition) is 1. The van der Waals surface area contributed by atoms with Crippen LogP contribution < -0.4 is 5.32 Å². The summed E-state index contributed by atoms with van der Waals surface area (Å²) in [6, 6.07) is 11.2. The molecule has 3 aromatic heterocycles. The fourth-order valence-electron chi connectivity index (χ4n) is 3.51. The monoisotopic (exact) mass is 374 g/mol. The Morgan fingerprint density at radius 2 is 1.96 bits per heavy atom. The van der Waals surface area contributed by atoms with Gasteiger partial charge in [-0.1, -0.05) is 18.2 Å². The third kappa shape index (κ3) is 3.15. The zero-order chi connectivity index (χ0) is 19.8. The largest absolute Gasteiger partial charge is 0.345 e. The van der Waals surface area contributed by atoms with Crippen molar-refractivity contribution in [3.05, 3.63) is 65.6 Å². The number of nitrogens with zero attached hydrogens (tertiary/aromatic N) is 5. The highest BCUT2D eigenvalue weighted by atomic mass is 16.1. The van der Waals surface area contributed by atoms with E-state index in [4.69, 9.17) is 4.98 Å². The van der Waals surface area contributed by atoms with Gasteiger partial charge in [0.25, 0.3) is 5.91 Å². The second-order valence-electron chi connectivity index (χ2n) is 6.95. The number of pyridine rings is 1. The lowest BCUT2D eigenvalue weighted by molar-refractivity contribution is 0.0941. The van der Waals surface area contributed by atoms with Gasteiger partial charge in [-0.25, -0.2) is 4.98 Å². The second kappa shape index (κ2) is 6.92. The summed E-state index contributed by atoms with van der Waals surface area (Å²) in [5.41, 5.74) is 4.85. The van der Waals surface area contributed by atoms with Crippen LogP contribution in [0.3, 0.4) is 0 Å². The van der Waals surface area contributed by atoms with Crippen LogP contribution in [0.4, 0.5) is 0 Å². The van der Waals surface area contributed by atoms with Crippen LogP contribution in [-0.4, -0.2) is 30.5 Å². The van der Waals surface area contributed by atoms with Crippen LogP contribution in [-0.2, 0) is 14.1 Å². The first-order chi connectivity index (χ1) is 13.4. The van der Waals surface area contributed by atoms with Crippen molar-refractivity contribution >= 4 is 16.8 Å². The molecule has 3 heterocycles. The van der Waals surface area contributed by atoms with Crippen LogP contribution in [0.15, 0.2) is 48.8 Å². The molecule has 1 aromatic carbocycles. The molecule has 28 heavy (non-hydrogen) atoms. The maximum Gasteiger partial charge on any atom is 0.252 e. The molecule has 142 valence electrons. The number of para-hydroxylation sites is 1. The summed E-state index contributed by atoms with van der Waals surface area (Å²) in [7, 11) is 3.74. The van der Waals surface area contributed by atoms with Gasteiger partial charge in [-0.15, -0.1) is 0 Å². The van der Waals surface area contributed by atoms with Crippen LogP contribution >= 0.6 is 0 Å². The fraction of sp³-hybridized carbons (Fsp3) is 0.238. The smallest absolute Gasteiger partial charge is 0.252 e. The van der Waals surface area contributed by atoms with Crippen LogP contribution in [0.1, 0.15) is 34.6 Å². The highest BCUT2D eigenvalue weighted by Crippen LogP contribution is 2.25. The van der Waals surface area contributed by atoms with Gasteiger partial charge in [-0.3, -0.25) is 14.2 Å². The predicted molar refractivity (Wildman–Crippen MR) is 108 cm³/mol. The van der Waals surface area contributed by atoms with Gasteiger partial charge in [0.1, 0.15) is 0 Å². The van der Waals surface area contributed by atoms with Gasteiger partial charge in [0.2, 0.25) is 0 Å². The summed E-state index contributed by atoms with van der Waals surface area (Å²) in [5, 5.41) is 12.5. The Morgan fingerprint density at radius 1 is 1.18 bits per heavy atom. The SMILES string of the molecule is Cc1nn(C)cc1[C@@H](C)NC(=O)c1cc(-c2ccnn2C)nc2ccccc12. The third-order valence-corrected chi connectivity index (χ3v) is 4.91. The summed E-state index contributed by atoms with van der Waals surface area (Å²) in [5.74, 6) is -0.141. The van der Waals surface area contributed by atoms with E-state index >= 15 is 0 Å². The number of carbonyl (C=O) groups excluding carboxylic acids is 1. The van der Waals surface area contributed by atoms with Crippen molar-refractivity contribution in [2.45, 2.75) is 19.9 Å². The molecule has 0 radical (unpaired) electrons. The average Bonchev–Trinajstić information content (AvgIpc) is 3.25. The van der Waals surface area contributed by atoms with Crippen molar-refractivity contribution in [1.29, 1.82) is 0 Å². The lowest BCUT2D eigenvalue weighted by Gasteiger charge is -2.15. The van der Waals surface area contributed by atoms with Crippen molar-refractivity contribution in [3.63, 3.8) is 0 Å². The number of benzene rings is 1. The maximum atomic E-state index is 13.2. The van der Waals surface area contributed by atoms with Gasteiger partial charge < -0.3 is 5.32 Å². The molecule has 7 nitrogen and oxygen atoms in total. The van der Waals surface area contributed by atoms with Gasteiger partial charge in [0.15, 0.2) is 0 Å². The molecule has 0 aliphatic heterocycles. The number of hydrogen-bond acceptors (Lipinski definition) is 4. The molecule has 4 aromatic rings. The Balaban J connectivity index is 1.75. The topological polar surface area (TPSA) is 77.6 Å². The first-order valence-corrected chi connectivity index (χ1v) is 9.13. The normalized spacial score (nSPS) is 12.3. The van der Waals surface area contributed by atoms with Crippen molar-refractivity contribution in [1.82, 2.24) is 29.9 Å². The van der Waals surface area contributed by atoms with Gasteiger partial charge in [0.05, 0.1) is 34.2 Å². The highest BCUT2D eigenvalue weighted by molar-refractivity contribution is 6.07. The first-order valence-electron chi connectivity index (χ1n) is 9.13. The highest BCUT2D eigenvalue weighted by Gasteiger charge is 2.19. The van der Waals surface area contributed by atoms with Gasteiger partial charge in [-0.2, -0.15) is 10.2 Å². The number of carbonyl (C=O) groups is 1. The van der Waals surface area contributed by atoms with E-state index < -0.39 is 0 Å². The van der Waals surface area contributed by atoms with Crippen LogP contribution in [0.2, 0.25) is 0 Å². The summed E-state index contributed by atoms with van der Waals surface area (Å²) < 4.78 is 3.51. The molecular weight excluding hydrogens is 352 g/mol. The van der Waals surface area contributed by atoms with E-state index in [0.29, 0.717) is 11.3 Å². The standard InChI is InChI=1S/C21H22N6O/c1-13(17-12-26(3)25-14(17)2)23-21(28)16-11-19(20-9-10-22-27(20)4)24-18-8-6-5-7-15(16)18/h5-13H,1-4H3,(H,23,28)/t13-/m1/s1. The van der Waals surface area contributed by atoms with E-state index in [9.17, 15) is 4.79 Å². The number of amides is 1. The molecule has 0 spiro atoms. The van der Waals surface area contributed by atoms with E-state index in [2.05, 4.69) is 15.5 Å². The maximum absolute atomic E-state index is 13.2. The van der Waals surface area contributed by atoms with Crippen molar-refractivity contribution in [3.8, 4) is 11.4 Å². The summed E-state index contributed by atoms with van der Waals surface area (Å²) in [6.45, 7) is 3.91. The molecular formula is C21H22N6O. The summed E-state index contributed by atoms with van der Waals surface area (Å²) in [6.07, 6.45) is 3.66. The lowest BCUT2D eigenvalue weighted by atomic mass is 10.0. The molecule has 0 unspecified atom stereocenters. The Kier molecular flexibility index (Phi) is 4.43. The van der Waals surface area contributed by atoms with Crippen LogP contribution in [0.5, 0.6) is 0 Å². The minimum atomic E-state index is -0.159. The quantitative estimate of drug-likeness (QED) is 0.595. The lowest BCUT2D eigenvalue weighted by Crippen LogP contribution is -2.27. The fourth-order valence-corrected chi connectivity index (χ4v) is 3.51. The molecule has 0 aliphatic rings. The minimum absolute atomic E-state index is 0.141. The molecule has 0 aliphatic carbocycles. The molecule has 0 fully saturated rings. The molecule has 0 saturated heterocycles. The molecule has 1 amide bonds. The van der Waals surface area contributed by atoms with E-state index in [0.717, 1.165) is 27.9 Å². The minimum Gasteiger partial charge on any atom is -0.345 e. The van der Waals surface area contributed by atoms with E-state index in [-0.39, 0.29) is 11.9 Å². The number of nitrogens with one attached hydrogen (secondary N) is 1. The Bertz CT molecular complexity index is 1170. The van der Waals surface area contributed by atoms with E-state index in [1.807, 2.05) is 70.5 Å². The van der Waals surface area contributed by atoms with Crippen LogP contribution in [0, 0.1) is 6.92 Å².